The van der Waals surface area contributed by atoms with Crippen LogP contribution in [0, 0.1) is 13.8 Å². The molecule has 0 radical (unpaired) electrons. The fourth-order valence-corrected chi connectivity index (χ4v) is 6.70. The second-order valence-corrected chi connectivity index (χ2v) is 11.8. The van der Waals surface area contributed by atoms with Crippen molar-refractivity contribution < 1.29 is 9.90 Å². The predicted octanol–water partition coefficient (Wildman–Crippen LogP) is 5.32. The van der Waals surface area contributed by atoms with Crippen LogP contribution in [0.15, 0.2) is 48.7 Å². The van der Waals surface area contributed by atoms with Gasteiger partial charge < -0.3 is 24.8 Å². The largest absolute Gasteiger partial charge is 0.393 e. The Balaban J connectivity index is 1.28. The number of carbonyl (C=O) groups excluding carboxylic acids is 1. The van der Waals surface area contributed by atoms with Crippen molar-refractivity contribution in [2.75, 3.05) is 43.0 Å². The van der Waals surface area contributed by atoms with Crippen LogP contribution in [0.5, 0.6) is 0 Å². The van der Waals surface area contributed by atoms with E-state index in [0.29, 0.717) is 0 Å². The quantitative estimate of drug-likeness (QED) is 0.349. The molecule has 6 rings (SSSR count). The van der Waals surface area contributed by atoms with Crippen molar-refractivity contribution in [3.05, 3.63) is 59.8 Å². The van der Waals surface area contributed by atoms with Gasteiger partial charge in [0.25, 0.3) is 0 Å². The first kappa shape index (κ1) is 27.4. The number of hydrogen-bond donors (Lipinski definition) is 2. The molecule has 41 heavy (non-hydrogen) atoms. The summed E-state index contributed by atoms with van der Waals surface area (Å²) in [6.45, 7) is 10.3. The number of aryl methyl sites for hydroxylation is 2. The Bertz CT molecular complexity index is 1520. The lowest BCUT2D eigenvalue weighted by Crippen LogP contribution is -2.45. The summed E-state index contributed by atoms with van der Waals surface area (Å²) in [4.78, 5) is 22.7. The molecule has 0 atom stereocenters. The minimum absolute atomic E-state index is 0.0374. The van der Waals surface area contributed by atoms with Crippen LogP contribution >= 0.6 is 0 Å². The number of fused-ring (bicyclic) bond motifs is 1. The first-order valence-electron chi connectivity index (χ1n) is 14.8. The van der Waals surface area contributed by atoms with E-state index in [1.54, 1.807) is 6.92 Å². The third kappa shape index (κ3) is 5.46. The molecule has 2 aliphatic rings. The zero-order valence-corrected chi connectivity index (χ0v) is 24.5. The molecule has 3 heterocycles. The molecule has 214 valence electrons. The van der Waals surface area contributed by atoms with Gasteiger partial charge in [0.2, 0.25) is 5.91 Å². The summed E-state index contributed by atoms with van der Waals surface area (Å²) in [5.41, 5.74) is 9.55. The van der Waals surface area contributed by atoms with Crippen LogP contribution in [0.1, 0.15) is 43.7 Å². The Hall–Kier alpha value is -3.75. The fraction of sp³-hybridized carbons (Fsp3) is 0.424. The summed E-state index contributed by atoms with van der Waals surface area (Å²) in [6.07, 6.45) is 4.85. The molecule has 1 saturated heterocycles. The van der Waals surface area contributed by atoms with E-state index in [4.69, 9.17) is 0 Å². The fourth-order valence-electron chi connectivity index (χ4n) is 6.70. The molecule has 0 spiro atoms. The Kier molecular flexibility index (Phi) is 7.53. The SMILES string of the molecule is CC(=O)N(c1ccc(-c2c[nH]c3nnc(-c4cc(C)c(N5CCN(C)CC5)c(C)c4)cc23)cc1)C1CCC(O)CC1. The molecule has 8 heteroatoms. The topological polar surface area (TPSA) is 88.6 Å². The molecule has 1 aliphatic heterocycles. The number of piperazine rings is 1. The van der Waals surface area contributed by atoms with Crippen molar-refractivity contribution in [1.29, 1.82) is 0 Å². The number of benzene rings is 2. The number of amides is 1. The van der Waals surface area contributed by atoms with E-state index in [1.165, 1.54) is 16.8 Å². The van der Waals surface area contributed by atoms with E-state index in [1.807, 2.05) is 23.2 Å². The molecule has 2 aromatic carbocycles. The molecule has 2 aromatic heterocycles. The summed E-state index contributed by atoms with van der Waals surface area (Å²) >= 11 is 0. The van der Waals surface area contributed by atoms with Gasteiger partial charge in [0.1, 0.15) is 0 Å². The van der Waals surface area contributed by atoms with E-state index in [9.17, 15) is 9.90 Å². The van der Waals surface area contributed by atoms with E-state index in [-0.39, 0.29) is 18.1 Å². The number of anilines is 2. The third-order valence-corrected chi connectivity index (χ3v) is 8.87. The summed E-state index contributed by atoms with van der Waals surface area (Å²) in [6, 6.07) is 14.9. The Morgan fingerprint density at radius 2 is 1.59 bits per heavy atom. The number of aromatic amines is 1. The first-order valence-corrected chi connectivity index (χ1v) is 14.8. The zero-order valence-electron chi connectivity index (χ0n) is 24.5. The molecule has 2 N–H and O–H groups in total. The number of carbonyl (C=O) groups is 1. The van der Waals surface area contributed by atoms with Crippen LogP contribution in [-0.2, 0) is 4.79 Å². The van der Waals surface area contributed by atoms with Crippen molar-refractivity contribution >= 4 is 28.3 Å². The van der Waals surface area contributed by atoms with E-state index < -0.39 is 0 Å². The summed E-state index contributed by atoms with van der Waals surface area (Å²) in [5, 5.41) is 20.0. The normalized spacial score (nSPS) is 20.0. The van der Waals surface area contributed by atoms with Gasteiger partial charge in [0, 0.05) is 73.2 Å². The van der Waals surface area contributed by atoms with Gasteiger partial charge in [-0.2, -0.15) is 0 Å². The van der Waals surface area contributed by atoms with Crippen molar-refractivity contribution in [3.8, 4) is 22.4 Å². The van der Waals surface area contributed by atoms with Crippen LogP contribution < -0.4 is 9.80 Å². The monoisotopic (exact) mass is 552 g/mol. The maximum Gasteiger partial charge on any atom is 0.224 e. The van der Waals surface area contributed by atoms with Gasteiger partial charge in [-0.3, -0.25) is 4.79 Å². The number of rotatable bonds is 5. The zero-order chi connectivity index (χ0) is 28.7. The Morgan fingerprint density at radius 3 is 2.22 bits per heavy atom. The lowest BCUT2D eigenvalue weighted by molar-refractivity contribution is -0.117. The predicted molar refractivity (Wildman–Crippen MR) is 165 cm³/mol. The van der Waals surface area contributed by atoms with Gasteiger partial charge in [-0.05, 0) is 93.6 Å². The van der Waals surface area contributed by atoms with Gasteiger partial charge in [-0.25, -0.2) is 0 Å². The summed E-state index contributed by atoms with van der Waals surface area (Å²) in [7, 11) is 2.18. The van der Waals surface area contributed by atoms with Crippen LogP contribution in [0.25, 0.3) is 33.4 Å². The number of nitrogens with one attached hydrogen (secondary N) is 1. The molecule has 1 saturated carbocycles. The number of aliphatic hydroxyl groups excluding tert-OH is 1. The molecule has 0 unspecified atom stereocenters. The molecule has 4 aromatic rings. The summed E-state index contributed by atoms with van der Waals surface area (Å²) in [5.74, 6) is 0.0374. The third-order valence-electron chi connectivity index (χ3n) is 8.87. The first-order chi connectivity index (χ1) is 19.8. The molecule has 0 bridgehead atoms. The number of likely N-dealkylation sites (N-methyl/N-ethyl adjacent to an activating group) is 1. The second-order valence-electron chi connectivity index (χ2n) is 11.8. The molecule has 2 fully saturated rings. The highest BCUT2D eigenvalue weighted by Gasteiger charge is 2.28. The minimum Gasteiger partial charge on any atom is -0.393 e. The Labute approximate surface area is 242 Å². The van der Waals surface area contributed by atoms with Crippen molar-refractivity contribution in [1.82, 2.24) is 20.1 Å². The highest BCUT2D eigenvalue weighted by atomic mass is 16.3. The van der Waals surface area contributed by atoms with Crippen molar-refractivity contribution in [2.24, 2.45) is 0 Å². The standard InChI is InChI=1S/C33H40N6O2/c1-21-17-25(18-22(2)32(21)38-15-13-37(4)14-16-38)31-19-29-30(20-34-33(29)36-35-31)24-5-7-26(8-6-24)39(23(3)40)27-9-11-28(41)12-10-27/h5-8,17-20,27-28,41H,9-16H2,1-4H3,(H,34,36). The summed E-state index contributed by atoms with van der Waals surface area (Å²) < 4.78 is 0. The van der Waals surface area contributed by atoms with Crippen LogP contribution in [0.2, 0.25) is 0 Å². The molecule has 1 amide bonds. The maximum absolute atomic E-state index is 12.6. The Morgan fingerprint density at radius 1 is 0.927 bits per heavy atom. The van der Waals surface area contributed by atoms with E-state index in [2.05, 4.69) is 76.2 Å². The van der Waals surface area contributed by atoms with Crippen molar-refractivity contribution in [3.63, 3.8) is 0 Å². The molecule has 1 aliphatic carbocycles. The number of nitrogens with zero attached hydrogens (tertiary/aromatic N) is 5. The highest BCUT2D eigenvalue weighted by molar-refractivity contribution is 5.96. The molecular weight excluding hydrogens is 512 g/mol. The van der Waals surface area contributed by atoms with Crippen LogP contribution in [0.4, 0.5) is 11.4 Å². The lowest BCUT2D eigenvalue weighted by atomic mass is 9.91. The van der Waals surface area contributed by atoms with Gasteiger partial charge in [-0.15, -0.1) is 10.2 Å². The number of aromatic nitrogens is 3. The van der Waals surface area contributed by atoms with Crippen molar-refractivity contribution in [2.45, 2.75) is 58.6 Å². The highest BCUT2D eigenvalue weighted by Crippen LogP contribution is 2.35. The molecular formula is C33H40N6O2. The van der Waals surface area contributed by atoms with E-state index in [0.717, 1.165) is 91.0 Å². The number of aliphatic hydroxyl groups is 1. The van der Waals surface area contributed by atoms with Crippen LogP contribution in [0.3, 0.4) is 0 Å². The molecule has 8 nitrogen and oxygen atoms in total. The smallest absolute Gasteiger partial charge is 0.224 e. The second kappa shape index (κ2) is 11.3. The average Bonchev–Trinajstić information content (AvgIpc) is 3.38. The number of H-pyrrole nitrogens is 1. The average molecular weight is 553 g/mol. The van der Waals surface area contributed by atoms with Crippen LogP contribution in [-0.4, -0.2) is 76.5 Å². The van der Waals surface area contributed by atoms with E-state index >= 15 is 0 Å². The number of hydrogen-bond acceptors (Lipinski definition) is 6. The van der Waals surface area contributed by atoms with Gasteiger partial charge >= 0.3 is 0 Å². The maximum atomic E-state index is 12.6. The van der Waals surface area contributed by atoms with Gasteiger partial charge in [0.15, 0.2) is 5.65 Å². The minimum atomic E-state index is -0.250. The van der Waals surface area contributed by atoms with Gasteiger partial charge in [0.05, 0.1) is 11.8 Å². The van der Waals surface area contributed by atoms with Gasteiger partial charge in [-0.1, -0.05) is 12.1 Å². The lowest BCUT2D eigenvalue weighted by Gasteiger charge is -2.36.